The Bertz CT molecular complexity index is 619. The predicted octanol–water partition coefficient (Wildman–Crippen LogP) is -2.08. The van der Waals surface area contributed by atoms with Gasteiger partial charge in [-0.1, -0.05) is 0 Å². The lowest BCUT2D eigenvalue weighted by Crippen LogP contribution is -2.34. The lowest BCUT2D eigenvalue weighted by molar-refractivity contribution is -0.0660. The van der Waals surface area contributed by atoms with E-state index < -0.39 is 24.5 Å². The molecule has 6 N–H and O–H groups in total. The van der Waals surface area contributed by atoms with Gasteiger partial charge in [-0.25, -0.2) is 20.8 Å². The van der Waals surface area contributed by atoms with Crippen molar-refractivity contribution in [3.05, 3.63) is 12.7 Å². The third kappa shape index (κ3) is 1.90. The van der Waals surface area contributed by atoms with Crippen molar-refractivity contribution in [3.8, 4) is 0 Å². The normalized spacial score (nSPS) is 30.1. The van der Waals surface area contributed by atoms with Crippen molar-refractivity contribution in [2.45, 2.75) is 24.5 Å². The van der Waals surface area contributed by atoms with Crippen LogP contribution in [0.1, 0.15) is 6.23 Å². The molecule has 3 heterocycles. The zero-order valence-electron chi connectivity index (χ0n) is 10.3. The van der Waals surface area contributed by atoms with Gasteiger partial charge in [0.05, 0.1) is 12.9 Å². The van der Waals surface area contributed by atoms with Crippen molar-refractivity contribution in [3.63, 3.8) is 0 Å². The molecule has 10 nitrogen and oxygen atoms in total. The molecule has 0 bridgehead atoms. The van der Waals surface area contributed by atoms with Crippen LogP contribution in [0.2, 0.25) is 0 Å². The third-order valence-corrected chi connectivity index (χ3v) is 3.26. The highest BCUT2D eigenvalue weighted by atomic mass is 16.6. The summed E-state index contributed by atoms with van der Waals surface area (Å²) in [5.74, 6) is 5.19. The predicted molar refractivity (Wildman–Crippen MR) is 65.8 cm³/mol. The van der Waals surface area contributed by atoms with Crippen LogP contribution in [0.15, 0.2) is 12.7 Å². The van der Waals surface area contributed by atoms with Crippen LogP contribution in [-0.2, 0) is 9.57 Å². The van der Waals surface area contributed by atoms with E-state index in [2.05, 4.69) is 19.8 Å². The summed E-state index contributed by atoms with van der Waals surface area (Å²) in [6, 6.07) is 0. The summed E-state index contributed by atoms with van der Waals surface area (Å²) in [5, 5.41) is 19.9. The molecule has 3 rings (SSSR count). The van der Waals surface area contributed by atoms with Crippen LogP contribution in [0.25, 0.3) is 11.2 Å². The smallest absolute Gasteiger partial charge is 0.167 e. The zero-order valence-corrected chi connectivity index (χ0v) is 10.3. The van der Waals surface area contributed by atoms with E-state index in [9.17, 15) is 10.2 Å². The number of ether oxygens (including phenoxy) is 1. The molecule has 1 aliphatic heterocycles. The number of anilines is 1. The molecule has 0 saturated carbocycles. The van der Waals surface area contributed by atoms with Crippen molar-refractivity contribution < 1.29 is 19.8 Å². The zero-order chi connectivity index (χ0) is 14.3. The van der Waals surface area contributed by atoms with Crippen molar-refractivity contribution in [2.24, 2.45) is 5.90 Å². The number of imidazole rings is 1. The van der Waals surface area contributed by atoms with Crippen molar-refractivity contribution >= 4 is 17.0 Å². The molecular formula is C10H14N6O4. The van der Waals surface area contributed by atoms with Gasteiger partial charge in [0.2, 0.25) is 0 Å². The highest BCUT2D eigenvalue weighted by Gasteiger charge is 2.44. The van der Waals surface area contributed by atoms with E-state index in [1.165, 1.54) is 17.2 Å². The second-order valence-electron chi connectivity index (χ2n) is 4.46. The van der Waals surface area contributed by atoms with E-state index in [-0.39, 0.29) is 12.4 Å². The second kappa shape index (κ2) is 4.92. The fraction of sp³-hybridized carbons (Fsp3) is 0.500. The molecule has 2 unspecified atom stereocenters. The number of nitrogen functional groups attached to an aromatic ring is 1. The molecule has 0 amide bonds. The van der Waals surface area contributed by atoms with Gasteiger partial charge >= 0.3 is 0 Å². The minimum atomic E-state index is -1.16. The van der Waals surface area contributed by atoms with Crippen molar-refractivity contribution in [1.29, 1.82) is 0 Å². The number of hydrogen-bond acceptors (Lipinski definition) is 9. The van der Waals surface area contributed by atoms with Crippen LogP contribution < -0.4 is 11.6 Å². The molecule has 20 heavy (non-hydrogen) atoms. The number of hydrogen-bond donors (Lipinski definition) is 4. The standard InChI is InChI=1S/C10H14N6O4/c11-8-5-9(14-2-13-8)16(3-15-5)10-7(18)6(17)4(20-10)1-19-12/h2-4,6-7,10,17-18H,1,12H2,(H2,11,13,14)/t4-,6?,7?,10-/m1/s1. The second-order valence-corrected chi connectivity index (χ2v) is 4.46. The molecule has 0 spiro atoms. The number of aliphatic hydroxyl groups is 2. The summed E-state index contributed by atoms with van der Waals surface area (Å²) < 4.78 is 7.02. The third-order valence-electron chi connectivity index (χ3n) is 3.26. The van der Waals surface area contributed by atoms with Gasteiger partial charge < -0.3 is 25.5 Å². The van der Waals surface area contributed by atoms with Crippen LogP contribution in [-0.4, -0.2) is 54.7 Å². The first-order chi connectivity index (χ1) is 9.63. The van der Waals surface area contributed by atoms with Crippen molar-refractivity contribution in [2.75, 3.05) is 12.3 Å². The van der Waals surface area contributed by atoms with E-state index in [4.69, 9.17) is 16.4 Å². The molecular weight excluding hydrogens is 268 g/mol. The number of fused-ring (bicyclic) bond motifs is 1. The van der Waals surface area contributed by atoms with Crippen LogP contribution in [0.4, 0.5) is 5.82 Å². The van der Waals surface area contributed by atoms with Gasteiger partial charge in [0.1, 0.15) is 30.2 Å². The Labute approximate surface area is 112 Å². The minimum Gasteiger partial charge on any atom is -0.387 e. The molecule has 108 valence electrons. The lowest BCUT2D eigenvalue weighted by Gasteiger charge is -2.16. The van der Waals surface area contributed by atoms with Gasteiger partial charge in [-0.2, -0.15) is 0 Å². The van der Waals surface area contributed by atoms with E-state index in [1.807, 2.05) is 0 Å². The first-order valence-corrected chi connectivity index (χ1v) is 5.89. The maximum absolute atomic E-state index is 10.1. The number of aromatic nitrogens is 4. The first-order valence-electron chi connectivity index (χ1n) is 5.89. The highest BCUT2D eigenvalue weighted by molar-refractivity contribution is 5.81. The Morgan fingerprint density at radius 2 is 2.10 bits per heavy atom. The van der Waals surface area contributed by atoms with Gasteiger partial charge in [-0.3, -0.25) is 4.57 Å². The molecule has 1 aliphatic rings. The SMILES string of the molecule is NOC[C@H]1O[C@@H](n2cnc3c(N)ncnc32)C(O)C1O. The average molecular weight is 282 g/mol. The highest BCUT2D eigenvalue weighted by Crippen LogP contribution is 2.31. The van der Waals surface area contributed by atoms with Crippen LogP contribution >= 0.6 is 0 Å². The average Bonchev–Trinajstić information content (AvgIpc) is 2.97. The van der Waals surface area contributed by atoms with E-state index in [1.54, 1.807) is 0 Å². The van der Waals surface area contributed by atoms with E-state index >= 15 is 0 Å². The fourth-order valence-electron chi connectivity index (χ4n) is 2.25. The summed E-state index contributed by atoms with van der Waals surface area (Å²) in [6.45, 7) is -0.0432. The Morgan fingerprint density at radius 1 is 1.30 bits per heavy atom. The number of nitrogens with zero attached hydrogens (tertiary/aromatic N) is 4. The van der Waals surface area contributed by atoms with E-state index in [0.29, 0.717) is 11.2 Å². The fourth-order valence-corrected chi connectivity index (χ4v) is 2.25. The molecule has 0 aliphatic carbocycles. The number of nitrogens with two attached hydrogens (primary N) is 2. The summed E-state index contributed by atoms with van der Waals surface area (Å²) >= 11 is 0. The quantitative estimate of drug-likeness (QED) is 0.464. The van der Waals surface area contributed by atoms with E-state index in [0.717, 1.165) is 0 Å². The monoisotopic (exact) mass is 282 g/mol. The maximum atomic E-state index is 10.1. The van der Waals surface area contributed by atoms with Crippen LogP contribution in [0.3, 0.4) is 0 Å². The summed E-state index contributed by atoms with van der Waals surface area (Å²) in [7, 11) is 0. The molecule has 1 saturated heterocycles. The first kappa shape index (κ1) is 13.1. The Morgan fingerprint density at radius 3 is 2.85 bits per heavy atom. The molecule has 4 atom stereocenters. The van der Waals surface area contributed by atoms with Gasteiger partial charge in [0.25, 0.3) is 0 Å². The van der Waals surface area contributed by atoms with Gasteiger partial charge in [-0.05, 0) is 0 Å². The van der Waals surface area contributed by atoms with Crippen molar-refractivity contribution in [1.82, 2.24) is 19.5 Å². The molecule has 0 radical (unpaired) electrons. The molecule has 2 aromatic rings. The Balaban J connectivity index is 1.97. The largest absolute Gasteiger partial charge is 0.387 e. The lowest BCUT2D eigenvalue weighted by atomic mass is 10.1. The summed E-state index contributed by atoms with van der Waals surface area (Å²) in [5.41, 5.74) is 6.49. The number of aliphatic hydroxyl groups excluding tert-OH is 2. The van der Waals surface area contributed by atoms with Gasteiger partial charge in [0.15, 0.2) is 17.7 Å². The summed E-state index contributed by atoms with van der Waals surface area (Å²) in [6.07, 6.45) is -1.18. The van der Waals surface area contributed by atoms with Gasteiger partial charge in [-0.15, -0.1) is 0 Å². The molecule has 10 heteroatoms. The molecule has 1 fully saturated rings. The summed E-state index contributed by atoms with van der Waals surface area (Å²) in [4.78, 5) is 16.4. The van der Waals surface area contributed by atoms with Gasteiger partial charge in [0, 0.05) is 0 Å². The number of rotatable bonds is 3. The topological polar surface area (TPSA) is 155 Å². The molecule has 0 aromatic carbocycles. The minimum absolute atomic E-state index is 0.0432. The van der Waals surface area contributed by atoms with Crippen LogP contribution in [0, 0.1) is 0 Å². The molecule has 2 aromatic heterocycles. The Hall–Kier alpha value is -1.85. The van der Waals surface area contributed by atoms with Crippen LogP contribution in [0.5, 0.6) is 0 Å². The Kier molecular flexibility index (Phi) is 3.23. The maximum Gasteiger partial charge on any atom is 0.167 e.